The van der Waals surface area contributed by atoms with Crippen molar-refractivity contribution < 1.29 is 14.3 Å². The Bertz CT molecular complexity index is 731. The topological polar surface area (TPSA) is 64.6 Å². The first-order valence-electron chi connectivity index (χ1n) is 8.01. The molecule has 1 saturated heterocycles. The summed E-state index contributed by atoms with van der Waals surface area (Å²) >= 11 is 0. The highest BCUT2D eigenvalue weighted by atomic mass is 16.5. The lowest BCUT2D eigenvalue weighted by Crippen LogP contribution is -2.29. The number of benzene rings is 1. The largest absolute Gasteiger partial charge is 0.497 e. The van der Waals surface area contributed by atoms with E-state index in [0.717, 1.165) is 30.8 Å². The van der Waals surface area contributed by atoms with Crippen molar-refractivity contribution in [2.24, 2.45) is 0 Å². The van der Waals surface area contributed by atoms with E-state index >= 15 is 0 Å². The fourth-order valence-corrected chi connectivity index (χ4v) is 2.94. The normalized spacial score (nSPS) is 17.0. The molecule has 1 aromatic heterocycles. The zero-order valence-electron chi connectivity index (χ0n) is 14.2. The number of carbonyl (C=O) groups excluding carboxylic acids is 1. The second-order valence-corrected chi connectivity index (χ2v) is 5.85. The molecule has 1 amide bonds. The average Bonchev–Trinajstić information content (AvgIpc) is 3.05. The Morgan fingerprint density at radius 1 is 1.21 bits per heavy atom. The van der Waals surface area contributed by atoms with Crippen LogP contribution in [0.5, 0.6) is 17.4 Å². The van der Waals surface area contributed by atoms with Gasteiger partial charge in [-0.1, -0.05) is 0 Å². The Labute approximate surface area is 141 Å². The molecule has 0 spiro atoms. The quantitative estimate of drug-likeness (QED) is 0.862. The summed E-state index contributed by atoms with van der Waals surface area (Å²) in [6, 6.07) is 9.04. The van der Waals surface area contributed by atoms with E-state index in [1.54, 1.807) is 20.1 Å². The van der Waals surface area contributed by atoms with Crippen LogP contribution in [0, 0.1) is 6.92 Å². The number of methoxy groups -OCH3 is 1. The lowest BCUT2D eigenvalue weighted by Gasteiger charge is -2.22. The van der Waals surface area contributed by atoms with Gasteiger partial charge in [-0.25, -0.2) is 4.98 Å². The number of rotatable bonds is 4. The number of hydrogen-bond donors (Lipinski definition) is 0. The van der Waals surface area contributed by atoms with Gasteiger partial charge in [0, 0.05) is 25.2 Å². The van der Waals surface area contributed by atoms with Crippen LogP contribution < -0.4 is 9.47 Å². The van der Waals surface area contributed by atoms with Crippen LogP contribution in [0.25, 0.3) is 0 Å². The van der Waals surface area contributed by atoms with E-state index in [-0.39, 0.29) is 11.9 Å². The average molecular weight is 327 g/mol. The van der Waals surface area contributed by atoms with Crippen molar-refractivity contribution in [1.82, 2.24) is 14.9 Å². The van der Waals surface area contributed by atoms with Gasteiger partial charge in [0.15, 0.2) is 5.82 Å². The second-order valence-electron chi connectivity index (χ2n) is 5.85. The number of carbonyl (C=O) groups is 1. The van der Waals surface area contributed by atoms with E-state index in [0.29, 0.717) is 17.5 Å². The van der Waals surface area contributed by atoms with E-state index in [2.05, 4.69) is 9.97 Å². The number of likely N-dealkylation sites (tertiary alicyclic amines) is 1. The van der Waals surface area contributed by atoms with Gasteiger partial charge in [0.25, 0.3) is 0 Å². The molecule has 1 fully saturated rings. The Balaban J connectivity index is 1.84. The summed E-state index contributed by atoms with van der Waals surface area (Å²) in [5, 5.41) is 0. The Morgan fingerprint density at radius 2 is 1.92 bits per heavy atom. The molecule has 6 heteroatoms. The first kappa shape index (κ1) is 16.2. The number of aryl methyl sites for hydroxylation is 1. The number of ether oxygens (including phenoxy) is 2. The van der Waals surface area contributed by atoms with Gasteiger partial charge in [0.1, 0.15) is 11.5 Å². The number of hydrogen-bond acceptors (Lipinski definition) is 5. The smallest absolute Gasteiger partial charge is 0.222 e. The van der Waals surface area contributed by atoms with Gasteiger partial charge >= 0.3 is 0 Å². The molecule has 0 saturated carbocycles. The van der Waals surface area contributed by atoms with Crippen molar-refractivity contribution in [1.29, 1.82) is 0 Å². The lowest BCUT2D eigenvalue weighted by atomic mass is 10.2. The van der Waals surface area contributed by atoms with Crippen molar-refractivity contribution in [3.05, 3.63) is 41.9 Å². The fraction of sp³-hybridized carbons (Fsp3) is 0.389. The van der Waals surface area contributed by atoms with Gasteiger partial charge in [0.2, 0.25) is 11.8 Å². The first-order valence-corrected chi connectivity index (χ1v) is 8.01. The van der Waals surface area contributed by atoms with Gasteiger partial charge in [-0.05, 0) is 44.0 Å². The minimum absolute atomic E-state index is 0.0558. The molecule has 0 N–H and O–H groups in total. The molecule has 0 bridgehead atoms. The summed E-state index contributed by atoms with van der Waals surface area (Å²) < 4.78 is 11.0. The summed E-state index contributed by atoms with van der Waals surface area (Å²) in [5.41, 5.74) is 0.818. The summed E-state index contributed by atoms with van der Waals surface area (Å²) in [5.74, 6) is 2.63. The highest BCUT2D eigenvalue weighted by Crippen LogP contribution is 2.31. The molecule has 1 aliphatic heterocycles. The van der Waals surface area contributed by atoms with Crippen LogP contribution in [0.1, 0.15) is 37.3 Å². The molecule has 1 atom stereocenters. The predicted octanol–water partition coefficient (Wildman–Crippen LogP) is 3.27. The molecule has 2 aromatic rings. The molecule has 2 heterocycles. The second kappa shape index (κ2) is 6.86. The zero-order valence-corrected chi connectivity index (χ0v) is 14.2. The molecular weight excluding hydrogens is 306 g/mol. The van der Waals surface area contributed by atoms with Crippen LogP contribution in [0.3, 0.4) is 0 Å². The van der Waals surface area contributed by atoms with Crippen LogP contribution in [-0.2, 0) is 4.79 Å². The number of nitrogens with zero attached hydrogens (tertiary/aromatic N) is 3. The van der Waals surface area contributed by atoms with E-state index < -0.39 is 0 Å². The zero-order chi connectivity index (χ0) is 17.1. The van der Waals surface area contributed by atoms with Crippen molar-refractivity contribution >= 4 is 5.91 Å². The van der Waals surface area contributed by atoms with Crippen LogP contribution >= 0.6 is 0 Å². The molecule has 126 valence electrons. The third-order valence-corrected chi connectivity index (χ3v) is 4.09. The van der Waals surface area contributed by atoms with Crippen LogP contribution in [0.2, 0.25) is 0 Å². The molecule has 3 rings (SSSR count). The maximum atomic E-state index is 11.8. The van der Waals surface area contributed by atoms with Gasteiger partial charge < -0.3 is 14.4 Å². The molecular formula is C18H21N3O3. The van der Waals surface area contributed by atoms with Crippen molar-refractivity contribution in [3.63, 3.8) is 0 Å². The molecule has 6 nitrogen and oxygen atoms in total. The Morgan fingerprint density at radius 3 is 2.58 bits per heavy atom. The third-order valence-electron chi connectivity index (χ3n) is 4.09. The van der Waals surface area contributed by atoms with Crippen molar-refractivity contribution in [2.75, 3.05) is 13.7 Å². The van der Waals surface area contributed by atoms with Gasteiger partial charge in [-0.15, -0.1) is 0 Å². The summed E-state index contributed by atoms with van der Waals surface area (Å²) in [4.78, 5) is 22.6. The van der Waals surface area contributed by atoms with E-state index in [1.165, 1.54) is 0 Å². The van der Waals surface area contributed by atoms with Crippen molar-refractivity contribution in [2.45, 2.75) is 32.7 Å². The Hall–Kier alpha value is -2.63. The maximum absolute atomic E-state index is 11.8. The van der Waals surface area contributed by atoms with Gasteiger partial charge in [0.05, 0.1) is 13.2 Å². The van der Waals surface area contributed by atoms with Crippen LogP contribution in [-0.4, -0.2) is 34.4 Å². The monoisotopic (exact) mass is 327 g/mol. The maximum Gasteiger partial charge on any atom is 0.222 e. The SMILES string of the molecule is COc1ccc(Oc2cc(C)nc([C@H]3CCCN3C(C)=O)n2)cc1. The standard InChI is InChI=1S/C18H21N3O3/c1-12-11-17(24-15-8-6-14(23-3)7-9-15)20-18(19-12)16-5-4-10-21(16)13(2)22/h6-9,11,16H,4-5,10H2,1-3H3/t16-/m1/s1. The van der Waals surface area contributed by atoms with Crippen LogP contribution in [0.4, 0.5) is 0 Å². The number of aromatic nitrogens is 2. The fourth-order valence-electron chi connectivity index (χ4n) is 2.94. The molecule has 1 aliphatic rings. The minimum atomic E-state index is -0.0689. The third kappa shape index (κ3) is 3.48. The van der Waals surface area contributed by atoms with Crippen LogP contribution in [0.15, 0.2) is 30.3 Å². The minimum Gasteiger partial charge on any atom is -0.497 e. The summed E-state index contributed by atoms with van der Waals surface area (Å²) in [7, 11) is 1.62. The van der Waals surface area contributed by atoms with Crippen molar-refractivity contribution in [3.8, 4) is 17.4 Å². The highest BCUT2D eigenvalue weighted by Gasteiger charge is 2.30. The first-order chi connectivity index (χ1) is 11.6. The molecule has 24 heavy (non-hydrogen) atoms. The number of amides is 1. The lowest BCUT2D eigenvalue weighted by molar-refractivity contribution is -0.129. The predicted molar refractivity (Wildman–Crippen MR) is 89.2 cm³/mol. The van der Waals surface area contributed by atoms with E-state index in [9.17, 15) is 4.79 Å². The molecule has 0 unspecified atom stereocenters. The molecule has 0 radical (unpaired) electrons. The van der Waals surface area contributed by atoms with Gasteiger partial charge in [-0.3, -0.25) is 4.79 Å². The molecule has 1 aromatic carbocycles. The Kier molecular flexibility index (Phi) is 4.64. The molecule has 0 aliphatic carbocycles. The van der Waals surface area contributed by atoms with E-state index in [4.69, 9.17) is 9.47 Å². The highest BCUT2D eigenvalue weighted by molar-refractivity contribution is 5.74. The van der Waals surface area contributed by atoms with Gasteiger partial charge in [-0.2, -0.15) is 4.98 Å². The summed E-state index contributed by atoms with van der Waals surface area (Å²) in [6.45, 7) is 4.24. The summed E-state index contributed by atoms with van der Waals surface area (Å²) in [6.07, 6.45) is 1.85. The van der Waals surface area contributed by atoms with E-state index in [1.807, 2.05) is 36.1 Å².